The van der Waals surface area contributed by atoms with E-state index in [1.165, 1.54) is 57.5 Å². The Labute approximate surface area is 283 Å². The minimum atomic E-state index is -3.63. The van der Waals surface area contributed by atoms with Crippen molar-refractivity contribution in [3.05, 3.63) is 101 Å². The molecule has 0 bridgehead atoms. The van der Waals surface area contributed by atoms with Gasteiger partial charge in [0, 0.05) is 32.1 Å². The summed E-state index contributed by atoms with van der Waals surface area (Å²) in [6.07, 6.45) is 0.455. The van der Waals surface area contributed by atoms with E-state index >= 15 is 0 Å². The van der Waals surface area contributed by atoms with Gasteiger partial charge >= 0.3 is 0 Å². The van der Waals surface area contributed by atoms with Crippen molar-refractivity contribution >= 4 is 39.3 Å². The molecule has 1 aliphatic heterocycles. The summed E-state index contributed by atoms with van der Waals surface area (Å²) in [4.78, 5) is 26.5. The Balaban J connectivity index is 1.22. The molecule has 5 rings (SSSR count). The highest BCUT2D eigenvalue weighted by Gasteiger charge is 2.33. The Morgan fingerprint density at radius 1 is 1.00 bits per heavy atom. The lowest BCUT2D eigenvalue weighted by Crippen LogP contribution is -2.30. The van der Waals surface area contributed by atoms with Crippen LogP contribution in [0.1, 0.15) is 53.6 Å². The highest BCUT2D eigenvalue weighted by Crippen LogP contribution is 2.34. The fraction of sp³-hybridized carbons (Fsp3) is 0.303. The molecule has 1 aromatic heterocycles. The lowest BCUT2D eigenvalue weighted by atomic mass is 9.98. The van der Waals surface area contributed by atoms with Gasteiger partial charge in [-0.25, -0.2) is 17.8 Å². The predicted molar refractivity (Wildman–Crippen MR) is 180 cm³/mol. The lowest BCUT2D eigenvalue weighted by Gasteiger charge is -2.22. The largest absolute Gasteiger partial charge is 0.497 e. The van der Waals surface area contributed by atoms with Crippen molar-refractivity contribution < 1.29 is 27.1 Å². The average Bonchev–Trinajstić information content (AvgIpc) is 3.70. The van der Waals surface area contributed by atoms with Gasteiger partial charge in [-0.1, -0.05) is 37.7 Å². The fourth-order valence-corrected chi connectivity index (χ4v) is 7.45. The zero-order chi connectivity index (χ0) is 34.4. The molecule has 0 spiro atoms. The third-order valence-corrected chi connectivity index (χ3v) is 11.0. The summed E-state index contributed by atoms with van der Waals surface area (Å²) in [6.45, 7) is 4.29. The molecule has 1 aliphatic rings. The van der Waals surface area contributed by atoms with Crippen LogP contribution in [0.15, 0.2) is 87.9 Å². The van der Waals surface area contributed by atoms with E-state index in [0.29, 0.717) is 41.8 Å². The molecule has 0 unspecified atom stereocenters. The van der Waals surface area contributed by atoms with E-state index in [9.17, 15) is 22.4 Å². The average molecular weight is 694 g/mol. The number of nitrogens with one attached hydrogen (secondary N) is 1. The number of aromatic nitrogens is 3. The van der Waals surface area contributed by atoms with Crippen LogP contribution in [0.4, 0.5) is 4.39 Å². The summed E-state index contributed by atoms with van der Waals surface area (Å²) in [5, 5.41) is 17.7. The molecule has 3 aromatic carbocycles. The molecule has 12 nitrogen and oxygen atoms in total. The molecule has 0 fully saturated rings. The van der Waals surface area contributed by atoms with Gasteiger partial charge in [-0.3, -0.25) is 9.59 Å². The van der Waals surface area contributed by atoms with Gasteiger partial charge in [-0.15, -0.1) is 10.2 Å². The van der Waals surface area contributed by atoms with Gasteiger partial charge in [0.05, 0.1) is 36.1 Å². The highest BCUT2D eigenvalue weighted by atomic mass is 32.2. The molecule has 252 valence electrons. The quantitative estimate of drug-likeness (QED) is 0.204. The number of thioether (sulfide) groups is 1. The van der Waals surface area contributed by atoms with Crippen molar-refractivity contribution in [3.8, 4) is 5.75 Å². The van der Waals surface area contributed by atoms with Gasteiger partial charge in [0.25, 0.3) is 11.8 Å². The van der Waals surface area contributed by atoms with E-state index in [1.54, 1.807) is 44.7 Å². The number of nitrogens with zero attached hydrogens (tertiary/aromatic N) is 6. The van der Waals surface area contributed by atoms with Gasteiger partial charge in [0.1, 0.15) is 11.6 Å². The van der Waals surface area contributed by atoms with Crippen LogP contribution in [0, 0.1) is 5.82 Å². The third kappa shape index (κ3) is 7.58. The summed E-state index contributed by atoms with van der Waals surface area (Å²) in [5.41, 5.74) is 2.64. The van der Waals surface area contributed by atoms with Gasteiger partial charge in [0.2, 0.25) is 10.0 Å². The topological polar surface area (TPSA) is 139 Å². The van der Waals surface area contributed by atoms with E-state index in [2.05, 4.69) is 20.6 Å². The van der Waals surface area contributed by atoms with Crippen LogP contribution in [0.5, 0.6) is 5.75 Å². The first-order valence-electron chi connectivity index (χ1n) is 15.2. The number of carbonyl (C=O) groups excluding carboxylic acids is 2. The minimum Gasteiger partial charge on any atom is -0.497 e. The molecule has 15 heteroatoms. The van der Waals surface area contributed by atoms with Crippen LogP contribution in [0.3, 0.4) is 0 Å². The van der Waals surface area contributed by atoms with Gasteiger partial charge in [0.15, 0.2) is 11.0 Å². The van der Waals surface area contributed by atoms with Gasteiger partial charge in [-0.05, 0) is 71.8 Å². The number of carbonyl (C=O) groups is 2. The molecule has 0 radical (unpaired) electrons. The van der Waals surface area contributed by atoms with E-state index in [1.807, 2.05) is 24.3 Å². The Kier molecular flexibility index (Phi) is 10.9. The minimum absolute atomic E-state index is 0.0121. The molecule has 48 heavy (non-hydrogen) atoms. The maximum atomic E-state index is 13.7. The molecular weight excluding hydrogens is 658 g/mol. The Morgan fingerprint density at radius 3 is 2.29 bits per heavy atom. The highest BCUT2D eigenvalue weighted by molar-refractivity contribution is 7.99. The van der Waals surface area contributed by atoms with Crippen molar-refractivity contribution in [2.24, 2.45) is 12.1 Å². The number of sulfonamides is 1. The van der Waals surface area contributed by atoms with Gasteiger partial charge in [-0.2, -0.15) is 9.41 Å². The molecule has 1 atom stereocenters. The number of halogens is 1. The first-order valence-corrected chi connectivity index (χ1v) is 17.7. The van der Waals surface area contributed by atoms with E-state index < -0.39 is 22.0 Å². The number of rotatable bonds is 13. The number of amides is 2. The molecule has 4 aromatic rings. The van der Waals surface area contributed by atoms with Crippen LogP contribution in [-0.4, -0.2) is 76.0 Å². The summed E-state index contributed by atoms with van der Waals surface area (Å²) in [6, 6.07) is 18.8. The van der Waals surface area contributed by atoms with E-state index in [4.69, 9.17) is 4.74 Å². The second-order valence-electron chi connectivity index (χ2n) is 10.8. The van der Waals surface area contributed by atoms with E-state index in [0.717, 1.165) is 16.8 Å². The fourth-order valence-electron chi connectivity index (χ4n) is 5.21. The number of hydrogen-bond acceptors (Lipinski definition) is 9. The van der Waals surface area contributed by atoms with Crippen molar-refractivity contribution in [3.63, 3.8) is 0 Å². The molecular formula is C33H36FN7O5S2. The second kappa shape index (κ2) is 15.1. The summed E-state index contributed by atoms with van der Waals surface area (Å²) in [7, 11) is -0.306. The maximum Gasteiger partial charge on any atom is 0.253 e. The summed E-state index contributed by atoms with van der Waals surface area (Å²) < 4.78 is 47.5. The zero-order valence-electron chi connectivity index (χ0n) is 27.0. The molecule has 0 saturated heterocycles. The molecule has 0 aliphatic carbocycles. The Hall–Kier alpha value is -4.60. The standard InChI is InChI=1S/C33H36FN7O5S2/c1-5-40(6-2)48(44,45)27-17-11-24(12-18-27)32(43)35-20-30-36-37-33(39(30)3)47-21-31(42)41-29(23-7-13-25(34)14-8-23)19-28(38-41)22-9-15-26(46-4)16-10-22/h7-18,29H,5-6,19-21H2,1-4H3,(H,35,43)/t29-/m0/s1. The predicted octanol–water partition coefficient (Wildman–Crippen LogP) is 4.39. The number of ether oxygens (including phenoxy) is 1. The van der Waals surface area contributed by atoms with Crippen molar-refractivity contribution in [2.75, 3.05) is 26.0 Å². The smallest absolute Gasteiger partial charge is 0.253 e. The van der Waals surface area contributed by atoms with Crippen LogP contribution in [-0.2, 0) is 28.4 Å². The molecule has 1 N–H and O–H groups in total. The van der Waals surface area contributed by atoms with Gasteiger partial charge < -0.3 is 14.6 Å². The third-order valence-electron chi connectivity index (χ3n) is 7.96. The first-order chi connectivity index (χ1) is 23.0. The Bertz CT molecular complexity index is 1890. The molecule has 0 saturated carbocycles. The number of hydrazone groups is 1. The molecule has 2 amide bonds. The maximum absolute atomic E-state index is 13.7. The first kappa shape index (κ1) is 34.7. The normalized spacial score (nSPS) is 14.7. The van der Waals surface area contributed by atoms with Crippen LogP contribution < -0.4 is 10.1 Å². The SMILES string of the molecule is CCN(CC)S(=O)(=O)c1ccc(C(=O)NCc2nnc(SCC(=O)N3N=C(c4ccc(OC)cc4)C[C@H]3c3ccc(F)cc3)n2C)cc1. The van der Waals surface area contributed by atoms with Crippen LogP contribution in [0.2, 0.25) is 0 Å². The monoisotopic (exact) mass is 693 g/mol. The second-order valence-corrected chi connectivity index (χ2v) is 13.7. The zero-order valence-corrected chi connectivity index (χ0v) is 28.6. The van der Waals surface area contributed by atoms with E-state index in [-0.39, 0.29) is 28.9 Å². The van der Waals surface area contributed by atoms with Crippen molar-refractivity contribution in [1.82, 2.24) is 29.4 Å². The van der Waals surface area contributed by atoms with Crippen molar-refractivity contribution in [2.45, 2.75) is 42.9 Å². The number of methoxy groups -OCH3 is 1. The number of benzene rings is 3. The number of hydrogen-bond donors (Lipinski definition) is 1. The van der Waals surface area contributed by atoms with Crippen LogP contribution in [0.25, 0.3) is 0 Å². The summed E-state index contributed by atoms with van der Waals surface area (Å²) in [5.74, 6) is 0.150. The van der Waals surface area contributed by atoms with Crippen molar-refractivity contribution in [1.29, 1.82) is 0 Å². The molecule has 2 heterocycles. The Morgan fingerprint density at radius 2 is 1.67 bits per heavy atom. The van der Waals surface area contributed by atoms with Crippen LogP contribution >= 0.6 is 11.8 Å². The summed E-state index contributed by atoms with van der Waals surface area (Å²) >= 11 is 1.18. The lowest BCUT2D eigenvalue weighted by molar-refractivity contribution is -0.130.